The van der Waals surface area contributed by atoms with Crippen molar-refractivity contribution in [1.82, 2.24) is 0 Å². The maximum atomic E-state index is 11.9. The molecule has 4 nitrogen and oxygen atoms in total. The van der Waals surface area contributed by atoms with Gasteiger partial charge in [-0.25, -0.2) is 4.79 Å². The van der Waals surface area contributed by atoms with Gasteiger partial charge in [0.1, 0.15) is 0 Å². The van der Waals surface area contributed by atoms with E-state index in [0.717, 1.165) is 12.8 Å². The summed E-state index contributed by atoms with van der Waals surface area (Å²) in [6.45, 7) is 10.8. The number of carbonyl (C=O) groups is 2. The molecule has 0 aliphatic heterocycles. The van der Waals surface area contributed by atoms with Crippen molar-refractivity contribution in [2.45, 2.75) is 67.1 Å². The minimum absolute atomic E-state index is 0.385. The van der Waals surface area contributed by atoms with Crippen LogP contribution in [-0.2, 0) is 19.1 Å². The first-order valence-corrected chi connectivity index (χ1v) is 6.83. The van der Waals surface area contributed by atoms with Crippen LogP contribution in [0.2, 0.25) is 0 Å². The van der Waals surface area contributed by atoms with E-state index in [1.54, 1.807) is 27.7 Å². The molecule has 0 N–H and O–H groups in total. The average Bonchev–Trinajstić information content (AvgIpc) is 2.27. The quantitative estimate of drug-likeness (QED) is 0.420. The molecule has 4 heteroatoms. The van der Waals surface area contributed by atoms with Crippen molar-refractivity contribution in [3.8, 4) is 0 Å². The highest BCUT2D eigenvalue weighted by Crippen LogP contribution is 2.17. The first kappa shape index (κ1) is 17.7. The number of carbonyl (C=O) groups excluding carboxylic acids is 2. The third-order valence-corrected chi connectivity index (χ3v) is 2.39. The molecule has 0 heterocycles. The minimum atomic E-state index is -0.865. The molecule has 19 heavy (non-hydrogen) atoms. The van der Waals surface area contributed by atoms with Gasteiger partial charge in [0.05, 0.1) is 5.41 Å². The van der Waals surface area contributed by atoms with Gasteiger partial charge >= 0.3 is 11.9 Å². The predicted molar refractivity (Wildman–Crippen MR) is 74.4 cm³/mol. The van der Waals surface area contributed by atoms with Crippen molar-refractivity contribution in [3.05, 3.63) is 11.6 Å². The number of hydrogen-bond acceptors (Lipinski definition) is 4. The van der Waals surface area contributed by atoms with Crippen molar-refractivity contribution in [1.29, 1.82) is 0 Å². The lowest BCUT2D eigenvalue weighted by molar-refractivity contribution is -0.188. The summed E-state index contributed by atoms with van der Waals surface area (Å²) in [5.41, 5.74) is 0.0373. The van der Waals surface area contributed by atoms with Crippen LogP contribution in [0.5, 0.6) is 0 Å². The number of hydrogen-bond donors (Lipinski definition) is 0. The van der Waals surface area contributed by atoms with Crippen LogP contribution >= 0.6 is 0 Å². The zero-order valence-electron chi connectivity index (χ0n) is 12.9. The molecular weight excluding hydrogens is 244 g/mol. The predicted octanol–water partition coefficient (Wildman–Crippen LogP) is 3.60. The Morgan fingerprint density at radius 3 is 2.16 bits per heavy atom. The summed E-state index contributed by atoms with van der Waals surface area (Å²) in [4.78, 5) is 23.5. The summed E-state index contributed by atoms with van der Waals surface area (Å²) in [6, 6.07) is 0. The molecule has 0 rings (SSSR count). The van der Waals surface area contributed by atoms with Gasteiger partial charge < -0.3 is 9.47 Å². The summed E-state index contributed by atoms with van der Waals surface area (Å²) in [7, 11) is 0. The summed E-state index contributed by atoms with van der Waals surface area (Å²) >= 11 is 0. The molecule has 0 bridgehead atoms. The summed E-state index contributed by atoms with van der Waals surface area (Å²) in [5.74, 6) is -0.790. The Balaban J connectivity index is 4.47. The van der Waals surface area contributed by atoms with E-state index >= 15 is 0 Å². The van der Waals surface area contributed by atoms with Gasteiger partial charge in [-0.3, -0.25) is 4.79 Å². The Hall–Kier alpha value is -1.32. The second kappa shape index (κ2) is 7.97. The zero-order chi connectivity index (χ0) is 15.1. The maximum absolute atomic E-state index is 11.9. The minimum Gasteiger partial charge on any atom is -0.425 e. The van der Waals surface area contributed by atoms with Crippen molar-refractivity contribution in [3.63, 3.8) is 0 Å². The van der Waals surface area contributed by atoms with Crippen molar-refractivity contribution < 1.29 is 19.1 Å². The van der Waals surface area contributed by atoms with Crippen LogP contribution in [0, 0.1) is 5.41 Å². The van der Waals surface area contributed by atoms with Gasteiger partial charge in [0.15, 0.2) is 0 Å². The number of esters is 2. The zero-order valence-corrected chi connectivity index (χ0v) is 12.9. The topological polar surface area (TPSA) is 52.6 Å². The van der Waals surface area contributed by atoms with E-state index in [1.807, 2.05) is 19.9 Å². The molecule has 0 fully saturated rings. The third-order valence-electron chi connectivity index (χ3n) is 2.39. The van der Waals surface area contributed by atoms with Gasteiger partial charge in [-0.05, 0) is 33.6 Å². The molecule has 0 aliphatic carbocycles. The molecular formula is C15H26O4. The fourth-order valence-electron chi connectivity index (χ4n) is 1.38. The van der Waals surface area contributed by atoms with E-state index in [-0.39, 0.29) is 5.97 Å². The number of rotatable bonds is 6. The smallest absolute Gasteiger partial charge is 0.336 e. The Kier molecular flexibility index (Phi) is 7.42. The SMILES string of the molecule is CC/C=C(\CCC)C(=O)OC(C)OC(=O)C(C)(C)C. The molecule has 0 aliphatic rings. The Morgan fingerprint density at radius 1 is 1.16 bits per heavy atom. The van der Waals surface area contributed by atoms with Crippen LogP contribution in [0.25, 0.3) is 0 Å². The molecule has 0 aromatic carbocycles. The summed E-state index contributed by atoms with van der Waals surface area (Å²) in [6.07, 6.45) is 3.31. The highest BCUT2D eigenvalue weighted by Gasteiger charge is 2.26. The largest absolute Gasteiger partial charge is 0.425 e. The van der Waals surface area contributed by atoms with E-state index in [4.69, 9.17) is 9.47 Å². The highest BCUT2D eigenvalue weighted by molar-refractivity contribution is 5.88. The van der Waals surface area contributed by atoms with Crippen LogP contribution in [0.4, 0.5) is 0 Å². The van der Waals surface area contributed by atoms with Crippen LogP contribution < -0.4 is 0 Å². The van der Waals surface area contributed by atoms with Crippen LogP contribution in [0.3, 0.4) is 0 Å². The Bertz CT molecular complexity index is 337. The summed E-state index contributed by atoms with van der Waals surface area (Å²) in [5, 5.41) is 0. The van der Waals surface area contributed by atoms with Gasteiger partial charge in [-0.2, -0.15) is 0 Å². The first-order valence-electron chi connectivity index (χ1n) is 6.83. The Morgan fingerprint density at radius 2 is 1.74 bits per heavy atom. The highest BCUT2D eigenvalue weighted by atomic mass is 16.7. The van der Waals surface area contributed by atoms with Gasteiger partial charge in [0.2, 0.25) is 6.29 Å². The molecule has 0 aromatic rings. The maximum Gasteiger partial charge on any atom is 0.336 e. The van der Waals surface area contributed by atoms with Gasteiger partial charge in [0.25, 0.3) is 0 Å². The second-order valence-electron chi connectivity index (χ2n) is 5.52. The van der Waals surface area contributed by atoms with Crippen molar-refractivity contribution in [2.75, 3.05) is 0 Å². The van der Waals surface area contributed by atoms with Crippen LogP contribution in [0.15, 0.2) is 11.6 Å². The fraction of sp³-hybridized carbons (Fsp3) is 0.733. The monoisotopic (exact) mass is 270 g/mol. The average molecular weight is 270 g/mol. The second-order valence-corrected chi connectivity index (χ2v) is 5.52. The molecule has 110 valence electrons. The van der Waals surface area contributed by atoms with E-state index in [2.05, 4.69) is 0 Å². The van der Waals surface area contributed by atoms with E-state index in [9.17, 15) is 9.59 Å². The first-order chi connectivity index (χ1) is 8.72. The third kappa shape index (κ3) is 6.99. The molecule has 0 aromatic heterocycles. The molecule has 0 saturated heterocycles. The molecule has 0 radical (unpaired) electrons. The number of allylic oxidation sites excluding steroid dienone is 1. The lowest BCUT2D eigenvalue weighted by Gasteiger charge is -2.21. The normalized spacial score (nSPS) is 13.9. The molecule has 1 atom stereocenters. The lowest BCUT2D eigenvalue weighted by Crippen LogP contribution is -2.29. The molecule has 0 saturated carbocycles. The van der Waals surface area contributed by atoms with Crippen LogP contribution in [-0.4, -0.2) is 18.2 Å². The van der Waals surface area contributed by atoms with Gasteiger partial charge in [-0.1, -0.05) is 26.3 Å². The van der Waals surface area contributed by atoms with E-state index in [1.165, 1.54) is 0 Å². The van der Waals surface area contributed by atoms with Crippen molar-refractivity contribution in [2.24, 2.45) is 5.41 Å². The lowest BCUT2D eigenvalue weighted by atomic mass is 9.97. The molecule has 1 unspecified atom stereocenters. The molecule has 0 spiro atoms. The standard InChI is InChI=1S/C15H26O4/c1-7-9-12(10-8-2)13(16)18-11(3)19-14(17)15(4,5)6/h9,11H,7-8,10H2,1-6H3/b12-9+. The summed E-state index contributed by atoms with van der Waals surface area (Å²) < 4.78 is 10.2. The van der Waals surface area contributed by atoms with E-state index < -0.39 is 17.7 Å². The fourth-order valence-corrected chi connectivity index (χ4v) is 1.38. The van der Waals surface area contributed by atoms with E-state index in [0.29, 0.717) is 12.0 Å². The number of ether oxygens (including phenoxy) is 2. The van der Waals surface area contributed by atoms with Gasteiger partial charge in [0, 0.05) is 12.5 Å². The van der Waals surface area contributed by atoms with Gasteiger partial charge in [-0.15, -0.1) is 0 Å². The Labute approximate surface area is 116 Å². The van der Waals surface area contributed by atoms with Crippen molar-refractivity contribution >= 4 is 11.9 Å². The molecule has 0 amide bonds. The van der Waals surface area contributed by atoms with Crippen LogP contribution in [0.1, 0.15) is 60.8 Å².